The van der Waals surface area contributed by atoms with E-state index in [0.717, 1.165) is 0 Å². The van der Waals surface area contributed by atoms with Gasteiger partial charge in [0.25, 0.3) is 0 Å². The summed E-state index contributed by atoms with van der Waals surface area (Å²) in [6.07, 6.45) is 0. The number of rotatable bonds is 6. The Labute approximate surface area is 70.2 Å². The Morgan fingerprint density at radius 3 is 2.17 bits per heavy atom. The molecule has 0 fully saturated rings. The van der Waals surface area contributed by atoms with Crippen LogP contribution in [0.2, 0.25) is 0 Å². The summed E-state index contributed by atoms with van der Waals surface area (Å²) in [6, 6.07) is 0. The molecule has 0 spiro atoms. The molecule has 0 atom stereocenters. The first-order chi connectivity index (χ1) is 5.06. The van der Waals surface area contributed by atoms with E-state index in [0.29, 0.717) is 0 Å². The maximum atomic E-state index is 9.89. The Bertz CT molecular complexity index is 174. The van der Waals surface area contributed by atoms with Crippen molar-refractivity contribution in [2.45, 2.75) is 0 Å². The third kappa shape index (κ3) is 12.4. The summed E-state index contributed by atoms with van der Waals surface area (Å²) in [5, 5.41) is 8.19. The molecule has 0 saturated carbocycles. The molecular weight excluding hydrogens is 192 g/mol. The van der Waals surface area contributed by atoms with Crippen LogP contribution < -0.4 is 0 Å². The molecule has 0 unspecified atom stereocenters. The Balaban J connectivity index is 0. The molecule has 76 valence electrons. The smallest absolute Gasteiger partial charge is 0.397 e. The lowest BCUT2D eigenvalue weighted by molar-refractivity contribution is 0.0691. The van der Waals surface area contributed by atoms with Crippen LogP contribution >= 0.6 is 0 Å². The Kier molecular flexibility index (Phi) is 8.81. The average Bonchev–Trinajstić information content (AvgIpc) is 1.85. The van der Waals surface area contributed by atoms with Crippen molar-refractivity contribution in [1.29, 1.82) is 0 Å². The molecule has 0 aliphatic rings. The number of aliphatic hydroxyl groups is 1. The predicted molar refractivity (Wildman–Crippen MR) is 39.0 cm³/mol. The molecule has 0 aliphatic carbocycles. The van der Waals surface area contributed by atoms with Crippen LogP contribution in [0.25, 0.3) is 0 Å². The molecule has 8 heteroatoms. The molecule has 0 aliphatic heterocycles. The van der Waals surface area contributed by atoms with Gasteiger partial charge in [-0.1, -0.05) is 0 Å². The van der Waals surface area contributed by atoms with Gasteiger partial charge in [-0.25, -0.2) is 4.18 Å². The summed E-state index contributed by atoms with van der Waals surface area (Å²) in [5.74, 6) is 0. The highest BCUT2D eigenvalue weighted by molar-refractivity contribution is 7.80. The van der Waals surface area contributed by atoms with Gasteiger partial charge < -0.3 is 15.3 Å². The van der Waals surface area contributed by atoms with Crippen LogP contribution in [-0.4, -0.2) is 50.0 Å². The summed E-state index contributed by atoms with van der Waals surface area (Å²) >= 11 is 0. The van der Waals surface area contributed by atoms with E-state index in [2.05, 4.69) is 8.92 Å². The minimum atomic E-state index is -4.35. The number of ether oxygens (including phenoxy) is 1. The van der Waals surface area contributed by atoms with Crippen LogP contribution in [0.15, 0.2) is 0 Å². The van der Waals surface area contributed by atoms with Crippen molar-refractivity contribution in [2.75, 3.05) is 26.4 Å². The second-order valence-corrected chi connectivity index (χ2v) is 2.68. The van der Waals surface area contributed by atoms with E-state index in [9.17, 15) is 8.42 Å². The predicted octanol–water partition coefficient (Wildman–Crippen LogP) is -2.01. The topological polar surface area (TPSA) is 125 Å². The van der Waals surface area contributed by atoms with Crippen molar-refractivity contribution in [3.05, 3.63) is 0 Å². The minimum absolute atomic E-state index is 0. The van der Waals surface area contributed by atoms with Crippen LogP contribution in [0.4, 0.5) is 0 Å². The number of aliphatic hydroxyl groups excluding tert-OH is 1. The molecule has 0 aromatic carbocycles. The average molecular weight is 204 g/mol. The zero-order valence-corrected chi connectivity index (χ0v) is 7.08. The van der Waals surface area contributed by atoms with Gasteiger partial charge >= 0.3 is 10.4 Å². The Hall–Kier alpha value is -0.250. The van der Waals surface area contributed by atoms with Gasteiger partial charge in [-0.15, -0.1) is 0 Å². The summed E-state index contributed by atoms with van der Waals surface area (Å²) in [4.78, 5) is 0. The van der Waals surface area contributed by atoms with E-state index in [1.54, 1.807) is 0 Å². The molecule has 4 N–H and O–H groups in total. The maximum Gasteiger partial charge on any atom is 0.397 e. The molecule has 0 amide bonds. The zero-order chi connectivity index (χ0) is 8.74. The highest BCUT2D eigenvalue weighted by atomic mass is 32.3. The first-order valence-corrected chi connectivity index (χ1v) is 4.23. The van der Waals surface area contributed by atoms with E-state index < -0.39 is 10.4 Å². The molecule has 0 bridgehead atoms. The Morgan fingerprint density at radius 2 is 1.75 bits per heavy atom. The van der Waals surface area contributed by atoms with Crippen LogP contribution in [0.1, 0.15) is 0 Å². The van der Waals surface area contributed by atoms with Gasteiger partial charge in [0.1, 0.15) is 0 Å². The molecule has 0 aromatic rings. The van der Waals surface area contributed by atoms with Gasteiger partial charge in [0, 0.05) is 0 Å². The van der Waals surface area contributed by atoms with Gasteiger partial charge in [0.2, 0.25) is 0 Å². The molecule has 0 radical (unpaired) electrons. The van der Waals surface area contributed by atoms with Gasteiger partial charge in [0.05, 0.1) is 26.4 Å². The minimum Gasteiger partial charge on any atom is -0.412 e. The lowest BCUT2D eigenvalue weighted by atomic mass is 10.7. The first kappa shape index (κ1) is 14.3. The largest absolute Gasteiger partial charge is 0.412 e. The Morgan fingerprint density at radius 1 is 1.17 bits per heavy atom. The zero-order valence-electron chi connectivity index (χ0n) is 6.26. The maximum absolute atomic E-state index is 9.89. The highest BCUT2D eigenvalue weighted by Gasteiger charge is 2.02. The van der Waals surface area contributed by atoms with E-state index in [1.165, 1.54) is 0 Å². The highest BCUT2D eigenvalue weighted by Crippen LogP contribution is 1.85. The van der Waals surface area contributed by atoms with Crippen LogP contribution in [-0.2, 0) is 19.3 Å². The van der Waals surface area contributed by atoms with E-state index >= 15 is 0 Å². The van der Waals surface area contributed by atoms with Gasteiger partial charge in [-0.3, -0.25) is 4.55 Å². The summed E-state index contributed by atoms with van der Waals surface area (Å²) < 4.78 is 36.3. The SMILES string of the molecule is O.O=S(=O)(O)OCCOCCO. The molecule has 0 heterocycles. The van der Waals surface area contributed by atoms with E-state index in [1.807, 2.05) is 0 Å². The van der Waals surface area contributed by atoms with Crippen molar-refractivity contribution in [3.63, 3.8) is 0 Å². The van der Waals surface area contributed by atoms with E-state index in [-0.39, 0.29) is 31.9 Å². The van der Waals surface area contributed by atoms with Crippen molar-refractivity contribution < 1.29 is 32.5 Å². The molecular formula is C4H12O7S. The summed E-state index contributed by atoms with van der Waals surface area (Å²) in [6.45, 7) is -0.250. The summed E-state index contributed by atoms with van der Waals surface area (Å²) in [5.41, 5.74) is 0. The van der Waals surface area contributed by atoms with Gasteiger partial charge in [-0.2, -0.15) is 8.42 Å². The third-order valence-corrected chi connectivity index (χ3v) is 1.16. The van der Waals surface area contributed by atoms with Crippen molar-refractivity contribution in [3.8, 4) is 0 Å². The fourth-order valence-corrected chi connectivity index (χ4v) is 0.644. The second kappa shape index (κ2) is 7.40. The first-order valence-electron chi connectivity index (χ1n) is 2.86. The number of hydrogen-bond donors (Lipinski definition) is 2. The summed E-state index contributed by atoms with van der Waals surface area (Å²) in [7, 11) is -4.35. The van der Waals surface area contributed by atoms with Gasteiger partial charge in [0.15, 0.2) is 0 Å². The molecule has 12 heavy (non-hydrogen) atoms. The van der Waals surface area contributed by atoms with Crippen LogP contribution in [0.3, 0.4) is 0 Å². The van der Waals surface area contributed by atoms with Crippen LogP contribution in [0, 0.1) is 0 Å². The quantitative estimate of drug-likeness (QED) is 0.380. The molecule has 7 nitrogen and oxygen atoms in total. The van der Waals surface area contributed by atoms with E-state index in [4.69, 9.17) is 9.66 Å². The van der Waals surface area contributed by atoms with Crippen molar-refractivity contribution >= 4 is 10.4 Å². The van der Waals surface area contributed by atoms with Crippen molar-refractivity contribution in [2.24, 2.45) is 0 Å². The lowest BCUT2D eigenvalue weighted by Gasteiger charge is -2.00. The lowest BCUT2D eigenvalue weighted by Crippen LogP contribution is -2.11. The standard InChI is InChI=1S/C4H10O6S.H2O/c5-1-2-9-3-4-10-11(6,7)8;/h5H,1-4H2,(H,6,7,8);1H2. The monoisotopic (exact) mass is 204 g/mol. The fourth-order valence-electron chi connectivity index (χ4n) is 0.365. The normalized spacial score (nSPS) is 10.8. The van der Waals surface area contributed by atoms with Crippen molar-refractivity contribution in [1.82, 2.24) is 0 Å². The van der Waals surface area contributed by atoms with Crippen LogP contribution in [0.5, 0.6) is 0 Å². The molecule has 0 rings (SSSR count). The fraction of sp³-hybridized carbons (Fsp3) is 1.00. The van der Waals surface area contributed by atoms with Gasteiger partial charge in [-0.05, 0) is 0 Å². The second-order valence-electron chi connectivity index (χ2n) is 1.59. The third-order valence-electron chi connectivity index (χ3n) is 0.696. The number of hydrogen-bond acceptors (Lipinski definition) is 5. The molecule has 0 saturated heterocycles. The molecule has 0 aromatic heterocycles.